The van der Waals surface area contributed by atoms with E-state index in [2.05, 4.69) is 15.6 Å². The Balaban J connectivity index is 1.63. The Morgan fingerprint density at radius 3 is 2.63 bits per heavy atom. The number of hydrogen-bond acceptors (Lipinski definition) is 5. The molecule has 0 radical (unpaired) electrons. The lowest BCUT2D eigenvalue weighted by Gasteiger charge is -2.37. The van der Waals surface area contributed by atoms with Gasteiger partial charge in [0.05, 0.1) is 6.04 Å². The quantitative estimate of drug-likeness (QED) is 0.353. The Bertz CT molecular complexity index is 530. The average molecular weight is 427 g/mol. The lowest BCUT2D eigenvalue weighted by atomic mass is 10.0. The van der Waals surface area contributed by atoms with Crippen molar-refractivity contribution >= 4 is 12.1 Å². The molecule has 0 spiro atoms. The van der Waals surface area contributed by atoms with E-state index in [1.165, 1.54) is 0 Å². The second kappa shape index (κ2) is 13.0. The summed E-state index contributed by atoms with van der Waals surface area (Å²) < 4.78 is 16.8. The fraction of sp³-hybridized carbons (Fsp3) is 0.909. The maximum absolute atomic E-state index is 12.5. The Kier molecular flexibility index (Phi) is 10.7. The van der Waals surface area contributed by atoms with Crippen LogP contribution in [0.2, 0.25) is 0 Å². The van der Waals surface area contributed by atoms with E-state index < -0.39 is 5.60 Å². The molecule has 0 saturated carbocycles. The molecule has 174 valence electrons. The van der Waals surface area contributed by atoms with Gasteiger partial charge in [-0.2, -0.15) is 0 Å². The molecule has 0 bridgehead atoms. The molecule has 2 fully saturated rings. The third kappa shape index (κ3) is 9.51. The van der Waals surface area contributed by atoms with Crippen molar-refractivity contribution in [3.05, 3.63) is 0 Å². The minimum absolute atomic E-state index is 0.120. The van der Waals surface area contributed by atoms with Crippen LogP contribution in [0, 0.1) is 5.92 Å². The maximum Gasteiger partial charge on any atom is 0.410 e. The summed E-state index contributed by atoms with van der Waals surface area (Å²) in [5.74, 6) is 1.40. The highest BCUT2D eigenvalue weighted by Gasteiger charge is 2.30. The van der Waals surface area contributed by atoms with Crippen molar-refractivity contribution in [2.75, 3.05) is 53.1 Å². The van der Waals surface area contributed by atoms with Gasteiger partial charge in [0.25, 0.3) is 0 Å². The zero-order valence-corrected chi connectivity index (χ0v) is 19.4. The topological polar surface area (TPSA) is 84.4 Å². The van der Waals surface area contributed by atoms with E-state index in [0.29, 0.717) is 12.5 Å². The molecule has 1 atom stereocenters. The van der Waals surface area contributed by atoms with E-state index in [1.807, 2.05) is 25.7 Å². The molecule has 2 aliphatic heterocycles. The van der Waals surface area contributed by atoms with Crippen LogP contribution >= 0.6 is 0 Å². The van der Waals surface area contributed by atoms with E-state index in [0.717, 1.165) is 84.0 Å². The second-order valence-electron chi connectivity index (χ2n) is 9.19. The van der Waals surface area contributed by atoms with Gasteiger partial charge in [0.2, 0.25) is 0 Å². The first-order valence-corrected chi connectivity index (χ1v) is 11.5. The van der Waals surface area contributed by atoms with Gasteiger partial charge in [-0.1, -0.05) is 0 Å². The highest BCUT2D eigenvalue weighted by Crippen LogP contribution is 2.20. The Morgan fingerprint density at radius 1 is 1.17 bits per heavy atom. The number of carbonyl (C=O) groups is 1. The number of guanidine groups is 1. The Labute approximate surface area is 182 Å². The number of piperidine rings is 1. The van der Waals surface area contributed by atoms with Crippen LogP contribution in [-0.2, 0) is 14.2 Å². The molecule has 0 aliphatic carbocycles. The van der Waals surface area contributed by atoms with Crippen molar-refractivity contribution in [2.24, 2.45) is 10.9 Å². The summed E-state index contributed by atoms with van der Waals surface area (Å²) in [6, 6.07) is 0.120. The minimum Gasteiger partial charge on any atom is -0.444 e. The number of rotatable bonds is 8. The molecule has 2 heterocycles. The van der Waals surface area contributed by atoms with Crippen molar-refractivity contribution in [2.45, 2.75) is 70.9 Å². The van der Waals surface area contributed by atoms with Crippen molar-refractivity contribution < 1.29 is 19.0 Å². The normalized spacial score (nSPS) is 21.4. The number of aliphatic imine (C=N–C) groups is 1. The van der Waals surface area contributed by atoms with E-state index in [4.69, 9.17) is 14.2 Å². The number of likely N-dealkylation sites (tertiary alicyclic amines) is 1. The minimum atomic E-state index is -0.475. The van der Waals surface area contributed by atoms with Gasteiger partial charge < -0.3 is 29.7 Å². The van der Waals surface area contributed by atoms with E-state index >= 15 is 0 Å². The third-order valence-corrected chi connectivity index (χ3v) is 5.44. The van der Waals surface area contributed by atoms with Crippen molar-refractivity contribution in [3.63, 3.8) is 0 Å². The first kappa shape index (κ1) is 24.7. The number of hydrogen-bond donors (Lipinski definition) is 2. The fourth-order valence-electron chi connectivity index (χ4n) is 3.75. The van der Waals surface area contributed by atoms with E-state index in [9.17, 15) is 4.79 Å². The van der Waals surface area contributed by atoms with Gasteiger partial charge in [-0.25, -0.2) is 4.79 Å². The summed E-state index contributed by atoms with van der Waals surface area (Å²) in [7, 11) is 1.77. The van der Waals surface area contributed by atoms with Crippen molar-refractivity contribution in [3.8, 4) is 0 Å². The lowest BCUT2D eigenvalue weighted by molar-refractivity contribution is 0.0104. The molecule has 30 heavy (non-hydrogen) atoms. The molecule has 1 amide bonds. The molecule has 0 aromatic heterocycles. The average Bonchev–Trinajstić information content (AvgIpc) is 2.72. The predicted octanol–water partition coefficient (Wildman–Crippen LogP) is 2.77. The zero-order valence-electron chi connectivity index (χ0n) is 19.4. The predicted molar refractivity (Wildman–Crippen MR) is 119 cm³/mol. The van der Waals surface area contributed by atoms with Crippen LogP contribution in [-0.4, -0.2) is 81.7 Å². The van der Waals surface area contributed by atoms with Crippen molar-refractivity contribution in [1.29, 1.82) is 0 Å². The Hall–Kier alpha value is -1.54. The van der Waals surface area contributed by atoms with Gasteiger partial charge in [-0.15, -0.1) is 0 Å². The molecule has 0 aromatic carbocycles. The highest BCUT2D eigenvalue weighted by atomic mass is 16.6. The lowest BCUT2D eigenvalue weighted by Crippen LogP contribution is -2.52. The second-order valence-corrected chi connectivity index (χ2v) is 9.19. The monoisotopic (exact) mass is 426 g/mol. The fourth-order valence-corrected chi connectivity index (χ4v) is 3.75. The molecule has 8 nitrogen and oxygen atoms in total. The van der Waals surface area contributed by atoms with Gasteiger partial charge in [-0.05, 0) is 65.2 Å². The van der Waals surface area contributed by atoms with Gasteiger partial charge in [0.1, 0.15) is 5.60 Å². The first-order valence-electron chi connectivity index (χ1n) is 11.5. The zero-order chi connectivity index (χ0) is 21.8. The third-order valence-electron chi connectivity index (χ3n) is 5.44. The number of amides is 1. The number of carbonyl (C=O) groups excluding carboxylic acids is 1. The first-order chi connectivity index (χ1) is 14.4. The Morgan fingerprint density at radius 2 is 1.93 bits per heavy atom. The summed E-state index contributed by atoms with van der Waals surface area (Å²) in [5, 5.41) is 6.70. The van der Waals surface area contributed by atoms with E-state index in [-0.39, 0.29) is 12.1 Å². The van der Waals surface area contributed by atoms with Gasteiger partial charge in [0, 0.05) is 53.1 Å². The summed E-state index contributed by atoms with van der Waals surface area (Å²) >= 11 is 0. The molecule has 2 rings (SSSR count). The number of ether oxygens (including phenoxy) is 3. The summed E-state index contributed by atoms with van der Waals surface area (Å²) in [5.41, 5.74) is -0.475. The van der Waals surface area contributed by atoms with Crippen LogP contribution in [0.1, 0.15) is 59.3 Å². The van der Waals surface area contributed by atoms with Gasteiger partial charge in [-0.3, -0.25) is 4.99 Å². The number of nitrogens with one attached hydrogen (secondary N) is 2. The maximum atomic E-state index is 12.5. The van der Waals surface area contributed by atoms with Crippen LogP contribution in [0.4, 0.5) is 4.79 Å². The SMILES string of the molecule is CN=C(NCCCOCC1CCOCC1)NCC1CCCCN1C(=O)OC(C)(C)C. The summed E-state index contributed by atoms with van der Waals surface area (Å²) in [6.45, 7) is 11.2. The number of nitrogens with zero attached hydrogens (tertiary/aromatic N) is 2. The van der Waals surface area contributed by atoms with Crippen LogP contribution in [0.25, 0.3) is 0 Å². The molecule has 2 aliphatic rings. The molecular formula is C22H42N4O4. The molecule has 2 saturated heterocycles. The van der Waals surface area contributed by atoms with Crippen LogP contribution in [0.3, 0.4) is 0 Å². The van der Waals surface area contributed by atoms with Crippen LogP contribution in [0.15, 0.2) is 4.99 Å². The molecule has 8 heteroatoms. The smallest absolute Gasteiger partial charge is 0.410 e. The molecule has 1 unspecified atom stereocenters. The van der Waals surface area contributed by atoms with Gasteiger partial charge in [0.15, 0.2) is 5.96 Å². The summed E-state index contributed by atoms with van der Waals surface area (Å²) in [4.78, 5) is 18.7. The van der Waals surface area contributed by atoms with Crippen molar-refractivity contribution in [1.82, 2.24) is 15.5 Å². The summed E-state index contributed by atoms with van der Waals surface area (Å²) in [6.07, 6.45) is 6.05. The van der Waals surface area contributed by atoms with Gasteiger partial charge >= 0.3 is 6.09 Å². The standard InChI is InChI=1S/C22H42N4O4/c1-22(2,3)30-21(27)26-12-6-5-8-19(26)16-25-20(23-4)24-11-7-13-29-17-18-9-14-28-15-10-18/h18-19H,5-17H2,1-4H3,(H2,23,24,25). The highest BCUT2D eigenvalue weighted by molar-refractivity contribution is 5.79. The molecular weight excluding hydrogens is 384 g/mol. The molecule has 0 aromatic rings. The largest absolute Gasteiger partial charge is 0.444 e. The van der Waals surface area contributed by atoms with Crippen LogP contribution in [0.5, 0.6) is 0 Å². The van der Waals surface area contributed by atoms with E-state index in [1.54, 1.807) is 7.05 Å². The molecule has 2 N–H and O–H groups in total. The van der Waals surface area contributed by atoms with Crippen LogP contribution < -0.4 is 10.6 Å².